The molecule has 0 heterocycles. The molecule has 5 heteroatoms. The van der Waals surface area contributed by atoms with Crippen LogP contribution in [0.2, 0.25) is 0 Å². The van der Waals surface area contributed by atoms with E-state index in [9.17, 15) is 8.78 Å². The highest BCUT2D eigenvalue weighted by Crippen LogP contribution is 2.53. The zero-order valence-electron chi connectivity index (χ0n) is 21.3. The van der Waals surface area contributed by atoms with Crippen LogP contribution in [0.15, 0.2) is 18.2 Å². The van der Waals surface area contributed by atoms with E-state index in [1.54, 1.807) is 6.07 Å². The second-order valence-corrected chi connectivity index (χ2v) is 14.4. The lowest BCUT2D eigenvalue weighted by Crippen LogP contribution is -2.41. The molecule has 0 bridgehead atoms. The van der Waals surface area contributed by atoms with E-state index in [1.807, 2.05) is 6.07 Å². The van der Waals surface area contributed by atoms with Gasteiger partial charge < -0.3 is 0 Å². The number of hydrogen-bond donors (Lipinski definition) is 0. The average molecular weight is 620 g/mol. The van der Waals surface area contributed by atoms with Gasteiger partial charge in [-0.3, -0.25) is 0 Å². The Labute approximate surface area is 227 Å². The van der Waals surface area contributed by atoms with Crippen LogP contribution in [0.1, 0.15) is 133 Å². The maximum Gasteiger partial charge on any atom is 0.316 e. The zero-order valence-corrected chi connectivity index (χ0v) is 24.5. The second-order valence-electron chi connectivity index (χ2n) is 11.9. The summed E-state index contributed by atoms with van der Waals surface area (Å²) in [6, 6.07) is 5.84. The fraction of sp³-hybridized carbons (Fsp3) is 0.800. The molecule has 0 aliphatic heterocycles. The first-order chi connectivity index (χ1) is 16.7. The van der Waals surface area contributed by atoms with Crippen molar-refractivity contribution in [1.29, 1.82) is 0 Å². The van der Waals surface area contributed by atoms with Gasteiger partial charge in [0, 0.05) is 0 Å². The van der Waals surface area contributed by atoms with Crippen molar-refractivity contribution < 1.29 is 13.2 Å². The summed E-state index contributed by atoms with van der Waals surface area (Å²) in [7, 11) is 0. The van der Waals surface area contributed by atoms with Crippen LogP contribution in [0.5, 0.6) is 0 Å². The van der Waals surface area contributed by atoms with E-state index in [1.165, 1.54) is 77.0 Å². The molecule has 3 fully saturated rings. The Bertz CT molecular complexity index is 796. The van der Waals surface area contributed by atoms with Crippen LogP contribution in [-0.4, -0.2) is 9.16 Å². The van der Waals surface area contributed by atoms with Crippen molar-refractivity contribution in [2.45, 2.75) is 131 Å². The van der Waals surface area contributed by atoms with Crippen LogP contribution in [0.3, 0.4) is 0 Å². The monoisotopic (exact) mass is 618 g/mol. The van der Waals surface area contributed by atoms with Gasteiger partial charge in [0.15, 0.2) is 0 Å². The van der Waals surface area contributed by atoms with Crippen molar-refractivity contribution in [2.24, 2.45) is 17.8 Å². The molecule has 0 unspecified atom stereocenters. The Kier molecular flexibility index (Phi) is 9.77. The average Bonchev–Trinajstić information content (AvgIpc) is 2.85. The van der Waals surface area contributed by atoms with Gasteiger partial charge in [-0.1, -0.05) is 73.5 Å². The Balaban J connectivity index is 1.25. The first-order valence-electron chi connectivity index (χ1n) is 14.2. The summed E-state index contributed by atoms with van der Waals surface area (Å²) >= 11 is 5.79. The van der Waals surface area contributed by atoms with Gasteiger partial charge in [0.2, 0.25) is 0 Å². The SMILES string of the molecule is CCCCCC1CCC(C2CCC(c3ccc(C4CCC(Br)(C(F)(F)Br)CC4)c(F)c3)CC2)CC1. The smallest absolute Gasteiger partial charge is 0.207 e. The molecule has 0 saturated heterocycles. The fourth-order valence-electron chi connectivity index (χ4n) is 7.35. The third-order valence-corrected chi connectivity index (χ3v) is 12.3. The number of unbranched alkanes of at least 4 members (excludes halogenated alkanes) is 2. The van der Waals surface area contributed by atoms with Crippen molar-refractivity contribution >= 4 is 31.9 Å². The number of halogens is 5. The van der Waals surface area contributed by atoms with Crippen molar-refractivity contribution in [3.63, 3.8) is 0 Å². The van der Waals surface area contributed by atoms with E-state index in [0.717, 1.165) is 23.3 Å². The molecule has 198 valence electrons. The van der Waals surface area contributed by atoms with Crippen molar-refractivity contribution in [1.82, 2.24) is 0 Å². The molecule has 3 saturated carbocycles. The van der Waals surface area contributed by atoms with Crippen LogP contribution in [0, 0.1) is 23.6 Å². The molecular formula is C30H43Br2F3. The summed E-state index contributed by atoms with van der Waals surface area (Å²) in [5.74, 6) is 3.11. The van der Waals surface area contributed by atoms with Gasteiger partial charge >= 0.3 is 4.83 Å². The molecule has 0 amide bonds. The molecule has 3 aliphatic rings. The molecule has 1 aromatic carbocycles. The van der Waals surface area contributed by atoms with Gasteiger partial charge in [-0.25, -0.2) is 4.39 Å². The van der Waals surface area contributed by atoms with E-state index in [0.29, 0.717) is 37.2 Å². The molecule has 35 heavy (non-hydrogen) atoms. The van der Waals surface area contributed by atoms with Crippen LogP contribution in [0.4, 0.5) is 13.2 Å². The topological polar surface area (TPSA) is 0 Å². The highest BCUT2D eigenvalue weighted by molar-refractivity contribution is 9.12. The van der Waals surface area contributed by atoms with Crippen molar-refractivity contribution in [2.75, 3.05) is 0 Å². The second kappa shape index (κ2) is 12.2. The van der Waals surface area contributed by atoms with Gasteiger partial charge in [0.1, 0.15) is 5.82 Å². The predicted octanol–water partition coefficient (Wildman–Crippen LogP) is 11.3. The number of rotatable bonds is 8. The molecule has 1 aromatic rings. The van der Waals surface area contributed by atoms with E-state index >= 15 is 4.39 Å². The minimum atomic E-state index is -2.94. The lowest BCUT2D eigenvalue weighted by molar-refractivity contribution is 0.0493. The van der Waals surface area contributed by atoms with Crippen LogP contribution in [-0.2, 0) is 0 Å². The van der Waals surface area contributed by atoms with E-state index < -0.39 is 9.16 Å². The van der Waals surface area contributed by atoms with E-state index in [2.05, 4.69) is 44.8 Å². The van der Waals surface area contributed by atoms with Gasteiger partial charge in [-0.2, -0.15) is 8.78 Å². The van der Waals surface area contributed by atoms with Crippen molar-refractivity contribution in [3.05, 3.63) is 35.1 Å². The third-order valence-electron chi connectivity index (χ3n) is 9.77. The van der Waals surface area contributed by atoms with E-state index in [-0.39, 0.29) is 11.7 Å². The van der Waals surface area contributed by atoms with Gasteiger partial charge in [0.25, 0.3) is 0 Å². The molecule has 0 spiro atoms. The minimum Gasteiger partial charge on any atom is -0.207 e. The fourth-order valence-corrected chi connectivity index (χ4v) is 8.21. The molecule has 3 aliphatic carbocycles. The maximum atomic E-state index is 15.2. The van der Waals surface area contributed by atoms with Crippen LogP contribution < -0.4 is 0 Å². The van der Waals surface area contributed by atoms with Crippen molar-refractivity contribution in [3.8, 4) is 0 Å². The molecule has 0 N–H and O–H groups in total. The summed E-state index contributed by atoms with van der Waals surface area (Å²) < 4.78 is 41.7. The minimum absolute atomic E-state index is 0.0254. The Hall–Kier alpha value is -0.0300. The van der Waals surface area contributed by atoms with E-state index in [4.69, 9.17) is 0 Å². The molecular weight excluding hydrogens is 577 g/mol. The first kappa shape index (κ1) is 28.0. The molecule has 0 radical (unpaired) electrons. The number of hydrogen-bond acceptors (Lipinski definition) is 0. The summed E-state index contributed by atoms with van der Waals surface area (Å²) in [5.41, 5.74) is 1.85. The summed E-state index contributed by atoms with van der Waals surface area (Å²) in [5, 5.41) is 0. The molecule has 0 nitrogen and oxygen atoms in total. The van der Waals surface area contributed by atoms with Gasteiger partial charge in [0.05, 0.1) is 4.32 Å². The lowest BCUT2D eigenvalue weighted by atomic mass is 9.68. The number of alkyl halides is 4. The lowest BCUT2D eigenvalue weighted by Gasteiger charge is -2.39. The summed E-state index contributed by atoms with van der Waals surface area (Å²) in [4.78, 5) is -2.94. The predicted molar refractivity (Wildman–Crippen MR) is 147 cm³/mol. The van der Waals surface area contributed by atoms with Crippen LogP contribution >= 0.6 is 31.9 Å². The normalized spacial score (nSPS) is 34.6. The largest absolute Gasteiger partial charge is 0.316 e. The zero-order chi connectivity index (χ0) is 25.1. The Morgan fingerprint density at radius 3 is 2.00 bits per heavy atom. The number of benzene rings is 1. The quantitative estimate of drug-likeness (QED) is 0.200. The third kappa shape index (κ3) is 6.89. The molecule has 0 atom stereocenters. The van der Waals surface area contributed by atoms with Gasteiger partial charge in [-0.05, 0) is 127 Å². The highest BCUT2D eigenvalue weighted by atomic mass is 79.9. The maximum absolute atomic E-state index is 15.2. The first-order valence-corrected chi connectivity index (χ1v) is 15.8. The standard InChI is InChI=1S/C30H43Br2F3/c1-2-3-4-5-21-6-8-22(9-7-21)23-10-12-24(13-11-23)26-14-15-27(28(33)20-26)25-16-18-29(31,19-17-25)30(32,34)35/h14-15,20-25H,2-13,16-19H2,1H3. The summed E-state index contributed by atoms with van der Waals surface area (Å²) in [6.07, 6.45) is 18.0. The Morgan fingerprint density at radius 1 is 0.857 bits per heavy atom. The van der Waals surface area contributed by atoms with Gasteiger partial charge in [-0.15, -0.1) is 0 Å². The Morgan fingerprint density at radius 2 is 1.46 bits per heavy atom. The highest BCUT2D eigenvalue weighted by Gasteiger charge is 2.51. The molecule has 4 rings (SSSR count). The van der Waals surface area contributed by atoms with Crippen LogP contribution in [0.25, 0.3) is 0 Å². The summed E-state index contributed by atoms with van der Waals surface area (Å²) in [6.45, 7) is 2.29. The molecule has 0 aromatic heterocycles.